The SMILES string of the molecule is CCC1(CC)CCN(C(=O)CCCCCl)C1. The largest absolute Gasteiger partial charge is 0.342 e. The van der Waals surface area contributed by atoms with E-state index in [1.807, 2.05) is 0 Å². The Morgan fingerprint density at radius 1 is 1.31 bits per heavy atom. The average molecular weight is 246 g/mol. The molecule has 1 rings (SSSR count). The summed E-state index contributed by atoms with van der Waals surface area (Å²) in [6.45, 7) is 6.41. The van der Waals surface area contributed by atoms with E-state index in [1.165, 1.54) is 19.3 Å². The van der Waals surface area contributed by atoms with Crippen molar-refractivity contribution in [3.63, 3.8) is 0 Å². The van der Waals surface area contributed by atoms with Gasteiger partial charge >= 0.3 is 0 Å². The van der Waals surface area contributed by atoms with E-state index in [1.54, 1.807) is 0 Å². The van der Waals surface area contributed by atoms with Crippen molar-refractivity contribution in [1.82, 2.24) is 4.90 Å². The number of rotatable bonds is 6. The summed E-state index contributed by atoms with van der Waals surface area (Å²) in [5.74, 6) is 0.995. The van der Waals surface area contributed by atoms with Crippen molar-refractivity contribution >= 4 is 17.5 Å². The number of hydrogen-bond acceptors (Lipinski definition) is 1. The Morgan fingerprint density at radius 2 is 2.00 bits per heavy atom. The molecule has 1 saturated heterocycles. The first-order valence-corrected chi connectivity index (χ1v) is 7.04. The van der Waals surface area contributed by atoms with Gasteiger partial charge in [-0.25, -0.2) is 0 Å². The molecule has 0 aromatic rings. The summed E-state index contributed by atoms with van der Waals surface area (Å²) in [7, 11) is 0. The Kier molecular flexibility index (Phi) is 5.60. The molecule has 3 heteroatoms. The Labute approximate surface area is 104 Å². The number of unbranched alkanes of at least 4 members (excludes halogenated alkanes) is 1. The van der Waals surface area contributed by atoms with Crippen LogP contribution in [0, 0.1) is 5.41 Å². The van der Waals surface area contributed by atoms with Gasteiger partial charge in [0.05, 0.1) is 0 Å². The van der Waals surface area contributed by atoms with Crippen molar-refractivity contribution in [2.45, 2.75) is 52.4 Å². The van der Waals surface area contributed by atoms with Gasteiger partial charge in [0.2, 0.25) is 5.91 Å². The van der Waals surface area contributed by atoms with Crippen LogP contribution in [0.3, 0.4) is 0 Å². The van der Waals surface area contributed by atoms with Crippen molar-refractivity contribution in [3.05, 3.63) is 0 Å². The third-order valence-corrected chi connectivity index (χ3v) is 4.33. The first-order valence-electron chi connectivity index (χ1n) is 6.51. The molecule has 0 unspecified atom stereocenters. The van der Waals surface area contributed by atoms with Crippen LogP contribution in [0.1, 0.15) is 52.4 Å². The standard InChI is InChI=1S/C13H24ClNO/c1-3-13(4-2)8-10-15(11-13)12(16)7-5-6-9-14/h3-11H2,1-2H3. The van der Waals surface area contributed by atoms with Crippen LogP contribution in [0.2, 0.25) is 0 Å². The summed E-state index contributed by atoms with van der Waals surface area (Å²) in [5.41, 5.74) is 0.405. The summed E-state index contributed by atoms with van der Waals surface area (Å²) in [5, 5.41) is 0. The number of carbonyl (C=O) groups is 1. The summed E-state index contributed by atoms with van der Waals surface area (Å²) in [4.78, 5) is 14.0. The van der Waals surface area contributed by atoms with Gasteiger partial charge in [-0.3, -0.25) is 4.79 Å². The zero-order valence-corrected chi connectivity index (χ0v) is 11.4. The average Bonchev–Trinajstić information content (AvgIpc) is 2.74. The zero-order valence-electron chi connectivity index (χ0n) is 10.6. The highest BCUT2D eigenvalue weighted by atomic mass is 35.5. The van der Waals surface area contributed by atoms with Crippen molar-refractivity contribution in [1.29, 1.82) is 0 Å². The minimum Gasteiger partial charge on any atom is -0.342 e. The van der Waals surface area contributed by atoms with Gasteiger partial charge in [0.25, 0.3) is 0 Å². The van der Waals surface area contributed by atoms with Gasteiger partial charge in [0, 0.05) is 25.4 Å². The lowest BCUT2D eigenvalue weighted by Crippen LogP contribution is -2.31. The molecule has 0 bridgehead atoms. The van der Waals surface area contributed by atoms with E-state index in [4.69, 9.17) is 11.6 Å². The predicted octanol–water partition coefficient (Wildman–Crippen LogP) is 3.43. The van der Waals surface area contributed by atoms with Crippen LogP contribution in [-0.2, 0) is 4.79 Å². The fraction of sp³-hybridized carbons (Fsp3) is 0.923. The Morgan fingerprint density at radius 3 is 2.50 bits per heavy atom. The second kappa shape index (κ2) is 6.48. The number of alkyl halides is 1. The molecule has 2 nitrogen and oxygen atoms in total. The fourth-order valence-electron chi connectivity index (χ4n) is 2.50. The van der Waals surface area contributed by atoms with Crippen LogP contribution >= 0.6 is 11.6 Å². The lowest BCUT2D eigenvalue weighted by Gasteiger charge is -2.26. The summed E-state index contributed by atoms with van der Waals surface area (Å²) < 4.78 is 0. The Bertz CT molecular complexity index is 226. The van der Waals surface area contributed by atoms with Gasteiger partial charge < -0.3 is 4.90 Å². The molecule has 1 aliphatic heterocycles. The maximum Gasteiger partial charge on any atom is 0.222 e. The highest BCUT2D eigenvalue weighted by Crippen LogP contribution is 2.37. The van der Waals surface area contributed by atoms with E-state index in [0.29, 0.717) is 23.6 Å². The number of hydrogen-bond donors (Lipinski definition) is 0. The van der Waals surface area contributed by atoms with Crippen LogP contribution in [0.4, 0.5) is 0 Å². The van der Waals surface area contributed by atoms with E-state index in [0.717, 1.165) is 25.9 Å². The predicted molar refractivity (Wildman–Crippen MR) is 68.8 cm³/mol. The van der Waals surface area contributed by atoms with E-state index in [2.05, 4.69) is 18.7 Å². The molecular formula is C13H24ClNO. The van der Waals surface area contributed by atoms with Crippen LogP contribution < -0.4 is 0 Å². The normalized spacial score (nSPS) is 19.1. The minimum atomic E-state index is 0.328. The third-order valence-electron chi connectivity index (χ3n) is 4.07. The fourth-order valence-corrected chi connectivity index (χ4v) is 2.69. The summed E-state index contributed by atoms with van der Waals surface area (Å²) >= 11 is 5.61. The van der Waals surface area contributed by atoms with Gasteiger partial charge in [-0.15, -0.1) is 11.6 Å². The molecule has 94 valence electrons. The molecule has 0 spiro atoms. The summed E-state index contributed by atoms with van der Waals surface area (Å²) in [6.07, 6.45) is 6.12. The summed E-state index contributed by atoms with van der Waals surface area (Å²) in [6, 6.07) is 0. The molecule has 1 aliphatic rings. The van der Waals surface area contributed by atoms with E-state index < -0.39 is 0 Å². The molecule has 0 saturated carbocycles. The van der Waals surface area contributed by atoms with Gasteiger partial charge in [-0.1, -0.05) is 13.8 Å². The number of likely N-dealkylation sites (tertiary alicyclic amines) is 1. The van der Waals surface area contributed by atoms with Crippen molar-refractivity contribution in [3.8, 4) is 0 Å². The highest BCUT2D eigenvalue weighted by molar-refractivity contribution is 6.17. The van der Waals surface area contributed by atoms with Crippen LogP contribution in [0.5, 0.6) is 0 Å². The maximum atomic E-state index is 11.9. The van der Waals surface area contributed by atoms with Gasteiger partial charge in [0.15, 0.2) is 0 Å². The van der Waals surface area contributed by atoms with Gasteiger partial charge in [-0.05, 0) is 37.5 Å². The third kappa shape index (κ3) is 3.38. The number of amides is 1. The van der Waals surface area contributed by atoms with E-state index in [-0.39, 0.29) is 0 Å². The lowest BCUT2D eigenvalue weighted by atomic mass is 9.82. The second-order valence-electron chi connectivity index (χ2n) is 4.92. The molecule has 0 atom stereocenters. The molecule has 0 aromatic carbocycles. The molecule has 1 amide bonds. The molecular weight excluding hydrogens is 222 g/mol. The van der Waals surface area contributed by atoms with Crippen molar-refractivity contribution < 1.29 is 4.79 Å². The van der Waals surface area contributed by atoms with Gasteiger partial charge in [0.1, 0.15) is 0 Å². The monoisotopic (exact) mass is 245 g/mol. The smallest absolute Gasteiger partial charge is 0.222 e. The number of halogens is 1. The number of nitrogens with zero attached hydrogens (tertiary/aromatic N) is 1. The zero-order chi connectivity index (χ0) is 12.0. The van der Waals surface area contributed by atoms with E-state index in [9.17, 15) is 4.79 Å². The van der Waals surface area contributed by atoms with Crippen LogP contribution in [0.15, 0.2) is 0 Å². The van der Waals surface area contributed by atoms with Crippen molar-refractivity contribution in [2.75, 3.05) is 19.0 Å². The van der Waals surface area contributed by atoms with Crippen molar-refractivity contribution in [2.24, 2.45) is 5.41 Å². The molecule has 0 N–H and O–H groups in total. The Hall–Kier alpha value is -0.240. The topological polar surface area (TPSA) is 20.3 Å². The molecule has 1 fully saturated rings. The first-order chi connectivity index (χ1) is 7.67. The van der Waals surface area contributed by atoms with Crippen LogP contribution in [0.25, 0.3) is 0 Å². The second-order valence-corrected chi connectivity index (χ2v) is 5.30. The van der Waals surface area contributed by atoms with E-state index >= 15 is 0 Å². The molecule has 0 aromatic heterocycles. The Balaban J connectivity index is 2.37. The highest BCUT2D eigenvalue weighted by Gasteiger charge is 2.36. The first kappa shape index (κ1) is 13.8. The molecule has 1 heterocycles. The molecule has 0 aliphatic carbocycles. The van der Waals surface area contributed by atoms with Gasteiger partial charge in [-0.2, -0.15) is 0 Å². The maximum absolute atomic E-state index is 11.9. The quantitative estimate of drug-likeness (QED) is 0.519. The number of carbonyl (C=O) groups excluding carboxylic acids is 1. The van der Waals surface area contributed by atoms with Crippen LogP contribution in [-0.4, -0.2) is 29.8 Å². The molecule has 16 heavy (non-hydrogen) atoms. The molecule has 0 radical (unpaired) electrons. The minimum absolute atomic E-state index is 0.328. The lowest BCUT2D eigenvalue weighted by molar-refractivity contribution is -0.130.